The van der Waals surface area contributed by atoms with Gasteiger partial charge in [0.2, 0.25) is 0 Å². The van der Waals surface area contributed by atoms with Crippen LogP contribution in [0.5, 0.6) is 0 Å². The topological polar surface area (TPSA) is 66.6 Å². The van der Waals surface area contributed by atoms with Gasteiger partial charge in [-0.25, -0.2) is 5.01 Å². The zero-order valence-electron chi connectivity index (χ0n) is 11.4. The number of amides is 1. The lowest BCUT2D eigenvalue weighted by molar-refractivity contribution is -0.163. The molecule has 0 saturated carbocycles. The SMILES string of the molecule is N[C@@]1(Cc2ccccc2)CCN2CC[C@@H](C=O)N2C1=O. The molecule has 2 heterocycles. The van der Waals surface area contributed by atoms with Crippen LogP contribution >= 0.6 is 0 Å². The average Bonchev–Trinajstić information content (AvgIpc) is 2.88. The van der Waals surface area contributed by atoms with Gasteiger partial charge in [0.05, 0.1) is 0 Å². The van der Waals surface area contributed by atoms with E-state index in [9.17, 15) is 9.59 Å². The molecule has 5 nitrogen and oxygen atoms in total. The highest BCUT2D eigenvalue weighted by atomic mass is 16.2. The minimum absolute atomic E-state index is 0.123. The van der Waals surface area contributed by atoms with Crippen molar-refractivity contribution in [2.45, 2.75) is 30.8 Å². The van der Waals surface area contributed by atoms with Gasteiger partial charge in [-0.15, -0.1) is 0 Å². The molecule has 2 aliphatic rings. The van der Waals surface area contributed by atoms with Crippen LogP contribution in [0.1, 0.15) is 18.4 Å². The largest absolute Gasteiger partial charge is 0.317 e. The number of benzene rings is 1. The first-order valence-corrected chi connectivity index (χ1v) is 7.01. The van der Waals surface area contributed by atoms with Gasteiger partial charge in [0, 0.05) is 13.1 Å². The van der Waals surface area contributed by atoms with Crippen molar-refractivity contribution in [1.29, 1.82) is 0 Å². The van der Waals surface area contributed by atoms with Crippen LogP contribution in [0, 0.1) is 0 Å². The standard InChI is InChI=1S/C15H19N3O2/c16-15(10-12-4-2-1-3-5-12)7-9-17-8-6-13(11-19)18(17)14(15)20/h1-5,11,13H,6-10,16H2/t13-,15+/m0/s1. The number of hydrogen-bond acceptors (Lipinski definition) is 4. The van der Waals surface area contributed by atoms with Gasteiger partial charge in [0.1, 0.15) is 17.9 Å². The first-order valence-electron chi connectivity index (χ1n) is 7.01. The second-order valence-corrected chi connectivity index (χ2v) is 5.66. The molecule has 1 aromatic rings. The Kier molecular flexibility index (Phi) is 3.31. The molecule has 2 N–H and O–H groups in total. The lowest BCUT2D eigenvalue weighted by Crippen LogP contribution is -2.66. The lowest BCUT2D eigenvalue weighted by Gasteiger charge is -2.43. The van der Waals surface area contributed by atoms with Crippen LogP contribution in [0.2, 0.25) is 0 Å². The number of fused-ring (bicyclic) bond motifs is 1. The number of rotatable bonds is 3. The monoisotopic (exact) mass is 273 g/mol. The van der Waals surface area contributed by atoms with Gasteiger partial charge in [-0.05, 0) is 24.8 Å². The van der Waals surface area contributed by atoms with E-state index in [0.717, 1.165) is 24.9 Å². The lowest BCUT2D eigenvalue weighted by atomic mass is 9.86. The van der Waals surface area contributed by atoms with E-state index >= 15 is 0 Å². The molecule has 2 saturated heterocycles. The van der Waals surface area contributed by atoms with Crippen molar-refractivity contribution in [3.63, 3.8) is 0 Å². The summed E-state index contributed by atoms with van der Waals surface area (Å²) in [6.07, 6.45) is 2.70. The van der Waals surface area contributed by atoms with E-state index in [2.05, 4.69) is 0 Å². The Bertz CT molecular complexity index is 519. The number of hydrogen-bond donors (Lipinski definition) is 1. The summed E-state index contributed by atoms with van der Waals surface area (Å²) in [6, 6.07) is 9.46. The minimum atomic E-state index is -0.899. The van der Waals surface area contributed by atoms with E-state index in [1.165, 1.54) is 0 Å². The molecule has 0 radical (unpaired) electrons. The maximum Gasteiger partial charge on any atom is 0.258 e. The smallest absolute Gasteiger partial charge is 0.258 e. The summed E-state index contributed by atoms with van der Waals surface area (Å²) in [5, 5.41) is 3.54. The third kappa shape index (κ3) is 2.13. The van der Waals surface area contributed by atoms with Crippen LogP contribution in [0.4, 0.5) is 0 Å². The Labute approximate surface area is 118 Å². The fraction of sp³-hybridized carbons (Fsp3) is 0.467. The van der Waals surface area contributed by atoms with Gasteiger partial charge < -0.3 is 10.5 Å². The summed E-state index contributed by atoms with van der Waals surface area (Å²) >= 11 is 0. The second kappa shape index (κ2) is 5.00. The average molecular weight is 273 g/mol. The Morgan fingerprint density at radius 2 is 2.05 bits per heavy atom. The molecule has 0 spiro atoms. The van der Waals surface area contributed by atoms with E-state index in [1.54, 1.807) is 5.01 Å². The van der Waals surface area contributed by atoms with Crippen LogP contribution in [-0.2, 0) is 16.0 Å². The molecule has 1 amide bonds. The molecule has 2 atom stereocenters. The first-order chi connectivity index (χ1) is 9.64. The van der Waals surface area contributed by atoms with Crippen molar-refractivity contribution in [3.8, 4) is 0 Å². The summed E-state index contributed by atoms with van der Waals surface area (Å²) in [5.41, 5.74) is 6.53. The zero-order chi connectivity index (χ0) is 14.2. The maximum atomic E-state index is 12.7. The summed E-state index contributed by atoms with van der Waals surface area (Å²) in [4.78, 5) is 23.8. The summed E-state index contributed by atoms with van der Waals surface area (Å²) in [7, 11) is 0. The summed E-state index contributed by atoms with van der Waals surface area (Å²) in [5.74, 6) is -0.123. The third-order valence-corrected chi connectivity index (χ3v) is 4.27. The molecule has 5 heteroatoms. The molecule has 20 heavy (non-hydrogen) atoms. The molecule has 1 aromatic carbocycles. The van der Waals surface area contributed by atoms with Crippen molar-refractivity contribution in [1.82, 2.24) is 10.0 Å². The quantitative estimate of drug-likeness (QED) is 0.807. The Balaban J connectivity index is 1.83. The van der Waals surface area contributed by atoms with Crippen molar-refractivity contribution in [3.05, 3.63) is 35.9 Å². The maximum absolute atomic E-state index is 12.7. The zero-order valence-corrected chi connectivity index (χ0v) is 11.4. The van der Waals surface area contributed by atoms with Gasteiger partial charge >= 0.3 is 0 Å². The molecule has 106 valence electrons. The number of nitrogens with zero attached hydrogens (tertiary/aromatic N) is 2. The predicted molar refractivity (Wildman–Crippen MR) is 74.6 cm³/mol. The molecule has 2 aliphatic heterocycles. The van der Waals surface area contributed by atoms with E-state index in [0.29, 0.717) is 19.3 Å². The minimum Gasteiger partial charge on any atom is -0.317 e. The van der Waals surface area contributed by atoms with Crippen LogP contribution in [0.3, 0.4) is 0 Å². The van der Waals surface area contributed by atoms with Crippen molar-refractivity contribution in [2.75, 3.05) is 13.1 Å². The fourth-order valence-corrected chi connectivity index (χ4v) is 3.13. The number of hydrazine groups is 1. The Hall–Kier alpha value is -1.72. The van der Waals surface area contributed by atoms with E-state index < -0.39 is 5.54 Å². The molecule has 0 bridgehead atoms. The summed E-state index contributed by atoms with van der Waals surface area (Å²) < 4.78 is 0. The molecular formula is C15H19N3O2. The third-order valence-electron chi connectivity index (χ3n) is 4.27. The number of carbonyl (C=O) groups is 2. The van der Waals surface area contributed by atoms with Crippen molar-refractivity contribution in [2.24, 2.45) is 5.73 Å². The molecular weight excluding hydrogens is 254 g/mol. The van der Waals surface area contributed by atoms with Gasteiger partial charge in [0.25, 0.3) is 5.91 Å². The van der Waals surface area contributed by atoms with Gasteiger partial charge in [-0.2, -0.15) is 0 Å². The predicted octanol–water partition coefficient (Wildman–Crippen LogP) is 0.347. The van der Waals surface area contributed by atoms with E-state index in [-0.39, 0.29) is 11.9 Å². The highest BCUT2D eigenvalue weighted by Gasteiger charge is 2.48. The summed E-state index contributed by atoms with van der Waals surface area (Å²) in [6.45, 7) is 1.50. The number of aldehydes is 1. The molecule has 0 aromatic heterocycles. The van der Waals surface area contributed by atoms with Crippen LogP contribution < -0.4 is 5.73 Å². The fourth-order valence-electron chi connectivity index (χ4n) is 3.13. The number of carbonyl (C=O) groups excluding carboxylic acids is 2. The highest BCUT2D eigenvalue weighted by Crippen LogP contribution is 2.30. The van der Waals surface area contributed by atoms with E-state index in [4.69, 9.17) is 5.73 Å². The molecule has 2 fully saturated rings. The van der Waals surface area contributed by atoms with Crippen LogP contribution in [0.25, 0.3) is 0 Å². The van der Waals surface area contributed by atoms with Crippen LogP contribution in [-0.4, -0.2) is 46.9 Å². The first kappa shape index (κ1) is 13.3. The Morgan fingerprint density at radius 3 is 2.75 bits per heavy atom. The highest BCUT2D eigenvalue weighted by molar-refractivity contribution is 5.89. The van der Waals surface area contributed by atoms with Gasteiger partial charge in [-0.1, -0.05) is 30.3 Å². The van der Waals surface area contributed by atoms with Crippen LogP contribution in [0.15, 0.2) is 30.3 Å². The normalized spacial score (nSPS) is 30.4. The molecule has 3 rings (SSSR count). The Morgan fingerprint density at radius 1 is 1.30 bits per heavy atom. The molecule has 0 unspecified atom stereocenters. The molecule has 0 aliphatic carbocycles. The van der Waals surface area contributed by atoms with E-state index in [1.807, 2.05) is 35.3 Å². The number of nitrogens with two attached hydrogens (primary N) is 1. The van der Waals surface area contributed by atoms with Crippen molar-refractivity contribution < 1.29 is 9.59 Å². The van der Waals surface area contributed by atoms with Gasteiger partial charge in [-0.3, -0.25) is 9.80 Å². The van der Waals surface area contributed by atoms with Gasteiger partial charge in [0.15, 0.2) is 0 Å². The second-order valence-electron chi connectivity index (χ2n) is 5.66. The van der Waals surface area contributed by atoms with Crippen molar-refractivity contribution >= 4 is 12.2 Å².